The van der Waals surface area contributed by atoms with Gasteiger partial charge in [0.05, 0.1) is 0 Å². The van der Waals surface area contributed by atoms with Gasteiger partial charge < -0.3 is 10.2 Å². The van der Waals surface area contributed by atoms with Crippen LogP contribution < -0.4 is 5.32 Å². The highest BCUT2D eigenvalue weighted by Gasteiger charge is 2.43. The molecule has 2 rings (SSSR count). The molecule has 0 bridgehead atoms. The summed E-state index contributed by atoms with van der Waals surface area (Å²) in [5.74, 6) is 0.0731. The van der Waals surface area contributed by atoms with Crippen molar-refractivity contribution in [2.45, 2.75) is 32.0 Å². The van der Waals surface area contributed by atoms with Gasteiger partial charge in [-0.15, -0.1) is 0 Å². The lowest BCUT2D eigenvalue weighted by molar-refractivity contribution is -0.132. The lowest BCUT2D eigenvalue weighted by Crippen LogP contribution is -2.35. The minimum absolute atomic E-state index is 0.00926. The van der Waals surface area contributed by atoms with Gasteiger partial charge in [0.15, 0.2) is 0 Å². The van der Waals surface area contributed by atoms with Gasteiger partial charge in [-0.1, -0.05) is 0 Å². The Morgan fingerprint density at radius 3 is 2.91 bits per heavy atom. The van der Waals surface area contributed by atoms with Crippen molar-refractivity contribution in [3.05, 3.63) is 0 Å². The van der Waals surface area contributed by atoms with E-state index in [1.165, 1.54) is 0 Å². The molecule has 0 spiro atoms. The monoisotopic (exact) mass is 154 g/mol. The summed E-state index contributed by atoms with van der Waals surface area (Å²) >= 11 is 0. The molecule has 2 saturated heterocycles. The van der Waals surface area contributed by atoms with Crippen LogP contribution in [0.2, 0.25) is 0 Å². The summed E-state index contributed by atoms with van der Waals surface area (Å²) in [6.45, 7) is 1.76. The molecule has 2 heterocycles. The number of rotatable bonds is 0. The maximum atomic E-state index is 11.1. The van der Waals surface area contributed by atoms with Gasteiger partial charge in [0.25, 0.3) is 0 Å². The van der Waals surface area contributed by atoms with Gasteiger partial charge in [-0.2, -0.15) is 0 Å². The topological polar surface area (TPSA) is 49.4 Å². The van der Waals surface area contributed by atoms with Crippen LogP contribution >= 0.6 is 0 Å². The third-order valence-electron chi connectivity index (χ3n) is 2.36. The summed E-state index contributed by atoms with van der Waals surface area (Å²) in [4.78, 5) is 23.8. The van der Waals surface area contributed by atoms with Gasteiger partial charge in [0.2, 0.25) is 11.8 Å². The van der Waals surface area contributed by atoms with E-state index in [4.69, 9.17) is 0 Å². The zero-order valence-corrected chi connectivity index (χ0v) is 6.33. The Labute approximate surface area is 64.5 Å². The Kier molecular flexibility index (Phi) is 1.19. The zero-order valence-electron chi connectivity index (χ0n) is 6.33. The van der Waals surface area contributed by atoms with Gasteiger partial charge in [-0.05, 0) is 13.3 Å². The molecule has 0 aromatic carbocycles. The second-order valence-corrected chi connectivity index (χ2v) is 3.04. The van der Waals surface area contributed by atoms with Crippen molar-refractivity contribution in [1.82, 2.24) is 10.2 Å². The summed E-state index contributed by atoms with van der Waals surface area (Å²) in [5, 5.41) is 2.76. The van der Waals surface area contributed by atoms with Crippen molar-refractivity contribution < 1.29 is 9.59 Å². The van der Waals surface area contributed by atoms with Crippen LogP contribution in [0.3, 0.4) is 0 Å². The first-order valence-corrected chi connectivity index (χ1v) is 3.81. The Hall–Kier alpha value is -1.06. The largest absolute Gasteiger partial charge is 0.334 e. The van der Waals surface area contributed by atoms with Gasteiger partial charge in [0.1, 0.15) is 12.2 Å². The molecule has 2 aliphatic rings. The van der Waals surface area contributed by atoms with E-state index in [1.54, 1.807) is 11.8 Å². The molecule has 0 aromatic heterocycles. The van der Waals surface area contributed by atoms with Crippen LogP contribution in [0.15, 0.2) is 0 Å². The lowest BCUT2D eigenvalue weighted by atomic mass is 10.3. The van der Waals surface area contributed by atoms with Gasteiger partial charge in [0, 0.05) is 6.42 Å². The zero-order chi connectivity index (χ0) is 8.01. The van der Waals surface area contributed by atoms with Crippen molar-refractivity contribution >= 4 is 11.8 Å². The number of fused-ring (bicyclic) bond motifs is 1. The second-order valence-electron chi connectivity index (χ2n) is 3.04. The molecule has 0 saturated carbocycles. The van der Waals surface area contributed by atoms with Crippen LogP contribution in [0.1, 0.15) is 19.8 Å². The average Bonchev–Trinajstić information content (AvgIpc) is 2.41. The number of nitrogens with one attached hydrogen (secondary N) is 1. The van der Waals surface area contributed by atoms with E-state index in [0.717, 1.165) is 6.42 Å². The second kappa shape index (κ2) is 1.96. The van der Waals surface area contributed by atoms with E-state index in [-0.39, 0.29) is 24.0 Å². The minimum atomic E-state index is -0.255. The molecule has 0 radical (unpaired) electrons. The number of carbonyl (C=O) groups excluding carboxylic acids is 2. The quantitative estimate of drug-likeness (QED) is 0.509. The van der Waals surface area contributed by atoms with Gasteiger partial charge in [-0.3, -0.25) is 9.59 Å². The van der Waals surface area contributed by atoms with E-state index in [0.29, 0.717) is 6.42 Å². The Bertz CT molecular complexity index is 226. The first kappa shape index (κ1) is 6.64. The van der Waals surface area contributed by atoms with Crippen LogP contribution in [-0.4, -0.2) is 28.9 Å². The molecule has 0 aliphatic carbocycles. The van der Waals surface area contributed by atoms with E-state index in [1.807, 2.05) is 0 Å². The summed E-state index contributed by atoms with van der Waals surface area (Å²) in [6.07, 6.45) is 1.34. The number of hydrogen-bond acceptors (Lipinski definition) is 2. The van der Waals surface area contributed by atoms with Crippen molar-refractivity contribution in [1.29, 1.82) is 0 Å². The van der Waals surface area contributed by atoms with Crippen LogP contribution in [0.5, 0.6) is 0 Å². The van der Waals surface area contributed by atoms with E-state index in [2.05, 4.69) is 5.32 Å². The first-order valence-electron chi connectivity index (χ1n) is 3.81. The summed E-state index contributed by atoms with van der Waals surface area (Å²) in [7, 11) is 0. The lowest BCUT2D eigenvalue weighted by Gasteiger charge is -2.16. The van der Waals surface area contributed by atoms with Crippen LogP contribution in [0, 0.1) is 0 Å². The Morgan fingerprint density at radius 1 is 1.55 bits per heavy atom. The molecule has 2 aliphatic heterocycles. The smallest absolute Gasteiger partial charge is 0.244 e. The van der Waals surface area contributed by atoms with E-state index >= 15 is 0 Å². The maximum absolute atomic E-state index is 11.1. The third-order valence-corrected chi connectivity index (χ3v) is 2.36. The van der Waals surface area contributed by atoms with E-state index < -0.39 is 0 Å². The Balaban J connectivity index is 2.26. The molecular weight excluding hydrogens is 144 g/mol. The highest BCUT2D eigenvalue weighted by atomic mass is 16.2. The fourth-order valence-electron chi connectivity index (χ4n) is 1.74. The predicted octanol–water partition coefficient (Wildman–Crippen LogP) is -0.547. The summed E-state index contributed by atoms with van der Waals surface area (Å²) in [5.41, 5.74) is 0. The van der Waals surface area contributed by atoms with Crippen molar-refractivity contribution in [2.75, 3.05) is 0 Å². The number of amides is 2. The first-order chi connectivity index (χ1) is 5.20. The maximum Gasteiger partial charge on any atom is 0.244 e. The third kappa shape index (κ3) is 0.751. The molecule has 60 valence electrons. The van der Waals surface area contributed by atoms with Crippen molar-refractivity contribution in [3.8, 4) is 0 Å². The molecule has 4 nitrogen and oxygen atoms in total. The number of nitrogens with zero attached hydrogens (tertiary/aromatic N) is 1. The van der Waals surface area contributed by atoms with E-state index in [9.17, 15) is 9.59 Å². The van der Waals surface area contributed by atoms with Gasteiger partial charge >= 0.3 is 0 Å². The molecule has 11 heavy (non-hydrogen) atoms. The highest BCUT2D eigenvalue weighted by molar-refractivity contribution is 5.92. The van der Waals surface area contributed by atoms with Crippen LogP contribution in [0.25, 0.3) is 0 Å². The molecule has 4 heteroatoms. The summed E-state index contributed by atoms with van der Waals surface area (Å²) < 4.78 is 0. The predicted molar refractivity (Wildman–Crippen MR) is 37.5 cm³/mol. The Morgan fingerprint density at radius 2 is 2.27 bits per heavy atom. The molecule has 2 amide bonds. The molecule has 0 unspecified atom stereocenters. The molecule has 2 fully saturated rings. The van der Waals surface area contributed by atoms with Crippen LogP contribution in [-0.2, 0) is 9.59 Å². The fraction of sp³-hybridized carbons (Fsp3) is 0.714. The highest BCUT2D eigenvalue weighted by Crippen LogP contribution is 2.24. The molecule has 2 atom stereocenters. The summed E-state index contributed by atoms with van der Waals surface area (Å²) in [6, 6.07) is -0.255. The molecule has 0 aromatic rings. The number of carbonyl (C=O) groups is 2. The van der Waals surface area contributed by atoms with Gasteiger partial charge in [-0.25, -0.2) is 0 Å². The SMILES string of the molecule is C[C@H]1C(=O)N[C@H]2CCC(=O)N21. The number of hydrogen-bond donors (Lipinski definition) is 1. The molecular formula is C7H10N2O2. The average molecular weight is 154 g/mol. The van der Waals surface area contributed by atoms with Crippen LogP contribution in [0.4, 0.5) is 0 Å². The fourth-order valence-corrected chi connectivity index (χ4v) is 1.74. The van der Waals surface area contributed by atoms with Crippen molar-refractivity contribution in [2.24, 2.45) is 0 Å². The van der Waals surface area contributed by atoms with Crippen molar-refractivity contribution in [3.63, 3.8) is 0 Å². The molecule has 1 N–H and O–H groups in total. The standard InChI is InChI=1S/C7H10N2O2/c1-4-7(11)8-5-2-3-6(10)9(4)5/h4-5H,2-3H2,1H3,(H,8,11)/t4-,5+/m0/s1. The minimum Gasteiger partial charge on any atom is -0.334 e. The normalized spacial score (nSPS) is 35.9.